The van der Waals surface area contributed by atoms with Gasteiger partial charge < -0.3 is 9.67 Å². The summed E-state index contributed by atoms with van der Waals surface area (Å²) < 4.78 is 29.6. The van der Waals surface area contributed by atoms with E-state index in [1.54, 1.807) is 62.5 Å². The highest BCUT2D eigenvalue weighted by Gasteiger charge is 2.29. The fourth-order valence-electron chi connectivity index (χ4n) is 3.72. The molecular formula is C25H23ClN4O4S. The maximum Gasteiger partial charge on any atom is 0.285 e. The molecule has 4 aromatic rings. The summed E-state index contributed by atoms with van der Waals surface area (Å²) in [4.78, 5) is 12.9. The van der Waals surface area contributed by atoms with Crippen molar-refractivity contribution in [3.63, 3.8) is 0 Å². The third-order valence-corrected chi connectivity index (χ3v) is 7.89. The van der Waals surface area contributed by atoms with Crippen LogP contribution < -0.4 is 4.31 Å². The number of hydrogen-bond donors (Lipinski definition) is 1. The molecule has 180 valence electrons. The van der Waals surface area contributed by atoms with Crippen LogP contribution in [0, 0.1) is 13.8 Å². The van der Waals surface area contributed by atoms with Crippen LogP contribution in [-0.2, 0) is 21.9 Å². The van der Waals surface area contributed by atoms with Gasteiger partial charge in [0.1, 0.15) is 6.54 Å². The lowest BCUT2D eigenvalue weighted by atomic mass is 10.2. The number of para-hydroxylation sites is 1. The molecule has 10 heteroatoms. The van der Waals surface area contributed by atoms with E-state index in [1.165, 1.54) is 16.7 Å². The highest BCUT2D eigenvalue weighted by molar-refractivity contribution is 7.92. The van der Waals surface area contributed by atoms with Gasteiger partial charge >= 0.3 is 0 Å². The van der Waals surface area contributed by atoms with Crippen molar-refractivity contribution in [2.75, 3.05) is 10.8 Å². The van der Waals surface area contributed by atoms with Crippen LogP contribution in [0.1, 0.15) is 11.1 Å². The smallest absolute Gasteiger partial charge is 0.285 e. The summed E-state index contributed by atoms with van der Waals surface area (Å²) in [7, 11) is -2.47. The van der Waals surface area contributed by atoms with Crippen LogP contribution in [0.2, 0.25) is 5.02 Å². The van der Waals surface area contributed by atoms with Gasteiger partial charge in [0.05, 0.1) is 16.1 Å². The number of anilines is 1. The lowest BCUT2D eigenvalue weighted by Gasteiger charge is -2.25. The fourth-order valence-corrected chi connectivity index (χ4v) is 5.36. The molecule has 0 bridgehead atoms. The number of hydrogen-bond acceptors (Lipinski definition) is 5. The van der Waals surface area contributed by atoms with Crippen LogP contribution in [0.15, 0.2) is 81.9 Å². The third-order valence-electron chi connectivity index (χ3n) is 5.71. The molecule has 0 saturated carbocycles. The van der Waals surface area contributed by atoms with Gasteiger partial charge in [0.25, 0.3) is 15.9 Å². The van der Waals surface area contributed by atoms with E-state index in [4.69, 9.17) is 11.6 Å². The second-order valence-electron chi connectivity index (χ2n) is 8.05. The van der Waals surface area contributed by atoms with E-state index in [9.17, 15) is 18.3 Å². The van der Waals surface area contributed by atoms with E-state index in [-0.39, 0.29) is 22.2 Å². The number of amides is 1. The second kappa shape index (κ2) is 9.52. The number of rotatable bonds is 6. The van der Waals surface area contributed by atoms with E-state index < -0.39 is 22.5 Å². The van der Waals surface area contributed by atoms with Gasteiger partial charge in [-0.3, -0.25) is 9.10 Å². The van der Waals surface area contributed by atoms with E-state index >= 15 is 0 Å². The minimum Gasteiger partial charge on any atom is -0.493 e. The molecule has 8 nitrogen and oxygen atoms in total. The van der Waals surface area contributed by atoms with Gasteiger partial charge in [-0.1, -0.05) is 53.6 Å². The second-order valence-corrected chi connectivity index (χ2v) is 10.3. The Morgan fingerprint density at radius 1 is 1.03 bits per heavy atom. The van der Waals surface area contributed by atoms with Crippen LogP contribution in [0.4, 0.5) is 11.4 Å². The number of aryl methyl sites for hydroxylation is 2. The van der Waals surface area contributed by atoms with E-state index in [0.29, 0.717) is 21.5 Å². The van der Waals surface area contributed by atoms with Gasteiger partial charge in [-0.2, -0.15) is 0 Å². The van der Waals surface area contributed by atoms with Gasteiger partial charge in [-0.15, -0.1) is 10.2 Å². The topological polar surface area (TPSA) is 104 Å². The highest BCUT2D eigenvalue weighted by atomic mass is 35.5. The minimum absolute atomic E-state index is 0.0268. The summed E-state index contributed by atoms with van der Waals surface area (Å²) in [5.74, 6) is -0.968. The maximum atomic E-state index is 13.6. The normalized spacial score (nSPS) is 11.9. The number of nitrogens with zero attached hydrogens (tertiary/aromatic N) is 4. The monoisotopic (exact) mass is 510 g/mol. The van der Waals surface area contributed by atoms with Crippen LogP contribution in [-0.4, -0.2) is 30.5 Å². The van der Waals surface area contributed by atoms with Crippen molar-refractivity contribution in [2.24, 2.45) is 17.3 Å². The molecule has 0 saturated heterocycles. The first-order valence-electron chi connectivity index (χ1n) is 10.7. The van der Waals surface area contributed by atoms with E-state index in [1.807, 2.05) is 13.0 Å². The van der Waals surface area contributed by atoms with Gasteiger partial charge in [-0.05, 0) is 49.7 Å². The molecule has 1 N–H and O–H groups in total. The predicted octanol–water partition coefficient (Wildman–Crippen LogP) is 5.66. The summed E-state index contributed by atoms with van der Waals surface area (Å²) >= 11 is 6.25. The summed E-state index contributed by atoms with van der Waals surface area (Å²) in [6.45, 7) is 2.92. The van der Waals surface area contributed by atoms with Gasteiger partial charge in [0, 0.05) is 17.5 Å². The lowest BCUT2D eigenvalue weighted by Crippen LogP contribution is -2.35. The zero-order chi connectivity index (χ0) is 25.3. The third kappa shape index (κ3) is 4.65. The Bertz CT molecular complexity index is 1560. The van der Waals surface area contributed by atoms with Crippen molar-refractivity contribution >= 4 is 49.8 Å². The summed E-state index contributed by atoms with van der Waals surface area (Å²) in [6.07, 6.45) is 0. The van der Waals surface area contributed by atoms with E-state index in [0.717, 1.165) is 9.87 Å². The number of halogens is 1. The molecule has 35 heavy (non-hydrogen) atoms. The van der Waals surface area contributed by atoms with Crippen LogP contribution in [0.3, 0.4) is 0 Å². The predicted molar refractivity (Wildman–Crippen MR) is 136 cm³/mol. The van der Waals surface area contributed by atoms with Gasteiger partial charge in [-0.25, -0.2) is 8.42 Å². The highest BCUT2D eigenvalue weighted by Crippen LogP contribution is 2.38. The Kier molecular flexibility index (Phi) is 6.64. The van der Waals surface area contributed by atoms with Crippen LogP contribution >= 0.6 is 11.6 Å². The van der Waals surface area contributed by atoms with Crippen LogP contribution in [0.5, 0.6) is 5.88 Å². The number of carbonyl (C=O) groups excluding carboxylic acids is 1. The number of carbonyl (C=O) groups is 1. The summed E-state index contributed by atoms with van der Waals surface area (Å²) in [6, 6.07) is 18.3. The lowest BCUT2D eigenvalue weighted by molar-refractivity contribution is -0.116. The van der Waals surface area contributed by atoms with Crippen molar-refractivity contribution in [3.05, 3.63) is 82.9 Å². The van der Waals surface area contributed by atoms with Crippen molar-refractivity contribution in [1.82, 2.24) is 4.57 Å². The first-order valence-corrected chi connectivity index (χ1v) is 12.5. The average molecular weight is 511 g/mol. The molecular weight excluding hydrogens is 488 g/mol. The maximum absolute atomic E-state index is 13.6. The average Bonchev–Trinajstić information content (AvgIpc) is 3.08. The molecule has 0 atom stereocenters. The van der Waals surface area contributed by atoms with Gasteiger partial charge in [0.2, 0.25) is 5.88 Å². The first kappa shape index (κ1) is 24.4. The Labute approximate surface area is 208 Å². The Hall–Kier alpha value is -3.69. The van der Waals surface area contributed by atoms with E-state index in [2.05, 4.69) is 10.2 Å². The number of benzene rings is 3. The fraction of sp³-hybridized carbons (Fsp3) is 0.160. The number of fused-ring (bicyclic) bond motifs is 1. The molecule has 0 aliphatic rings. The number of aromatic hydroxyl groups is 1. The SMILES string of the molecule is Cc1ccc(S(=O)(=O)N(CC(=O)N=Nc2c(O)n(C)c3ccccc23)c2cccc(Cl)c2C)cc1. The van der Waals surface area contributed by atoms with Crippen molar-refractivity contribution in [2.45, 2.75) is 18.7 Å². The molecule has 1 heterocycles. The quantitative estimate of drug-likeness (QED) is 0.338. The van der Waals surface area contributed by atoms with Gasteiger partial charge in [0.15, 0.2) is 5.69 Å². The number of aromatic nitrogens is 1. The molecule has 1 aromatic heterocycles. The number of azo groups is 1. The van der Waals surface area contributed by atoms with Crippen LogP contribution in [0.25, 0.3) is 10.9 Å². The zero-order valence-electron chi connectivity index (χ0n) is 19.3. The molecule has 0 unspecified atom stereocenters. The van der Waals surface area contributed by atoms with Crippen molar-refractivity contribution in [1.29, 1.82) is 0 Å². The number of sulfonamides is 1. The standard InChI is InChI=1S/C25H23ClN4O4S/c1-16-11-13-18(14-12-16)35(33,34)30(21-10-6-8-20(26)17(21)2)15-23(31)27-28-24-19-7-4-5-9-22(19)29(3)25(24)32/h4-14,32H,15H2,1-3H3. The summed E-state index contributed by atoms with van der Waals surface area (Å²) in [5.41, 5.74) is 2.50. The molecule has 0 fully saturated rings. The minimum atomic E-state index is -4.13. The first-order chi connectivity index (χ1) is 16.6. The Morgan fingerprint density at radius 3 is 2.43 bits per heavy atom. The molecule has 0 aliphatic heterocycles. The Balaban J connectivity index is 1.73. The largest absolute Gasteiger partial charge is 0.493 e. The molecule has 0 aliphatic carbocycles. The molecule has 1 amide bonds. The molecule has 4 rings (SSSR count). The van der Waals surface area contributed by atoms with Crippen molar-refractivity contribution in [3.8, 4) is 5.88 Å². The van der Waals surface area contributed by atoms with Crippen molar-refractivity contribution < 1.29 is 18.3 Å². The molecule has 0 spiro atoms. The molecule has 3 aromatic carbocycles. The zero-order valence-corrected chi connectivity index (χ0v) is 20.9. The summed E-state index contributed by atoms with van der Waals surface area (Å²) in [5, 5.41) is 19.1. The Morgan fingerprint density at radius 2 is 1.71 bits per heavy atom. The molecule has 0 radical (unpaired) electrons.